The fourth-order valence-corrected chi connectivity index (χ4v) is 1.86. The lowest BCUT2D eigenvalue weighted by Crippen LogP contribution is -2.09. The van der Waals surface area contributed by atoms with Gasteiger partial charge in [-0.2, -0.15) is 0 Å². The monoisotopic (exact) mass is 273 g/mol. The number of ether oxygens (including phenoxy) is 1. The summed E-state index contributed by atoms with van der Waals surface area (Å²) in [4.78, 5) is 12.8. The molecule has 2 aromatic rings. The minimum Gasteiger partial charge on any atom is -0.490 e. The highest BCUT2D eigenvalue weighted by atomic mass is 16.5. The molecule has 0 radical (unpaired) electrons. The van der Waals surface area contributed by atoms with Crippen molar-refractivity contribution in [2.45, 2.75) is 20.4 Å². The molecule has 0 amide bonds. The quantitative estimate of drug-likeness (QED) is 0.841. The van der Waals surface area contributed by atoms with Crippen LogP contribution in [0.25, 0.3) is 0 Å². The zero-order valence-electron chi connectivity index (χ0n) is 12.0. The number of nitrogens with zero attached hydrogens (tertiary/aromatic N) is 3. The lowest BCUT2D eigenvalue weighted by atomic mass is 10.3. The Morgan fingerprint density at radius 1 is 1.15 bits per heavy atom. The van der Waals surface area contributed by atoms with Crippen LogP contribution >= 0.6 is 0 Å². The third kappa shape index (κ3) is 3.34. The summed E-state index contributed by atoms with van der Waals surface area (Å²) in [6, 6.07) is 5.93. The van der Waals surface area contributed by atoms with Gasteiger partial charge >= 0.3 is 0 Å². The summed E-state index contributed by atoms with van der Waals surface area (Å²) in [5.74, 6) is 1.95. The minimum absolute atomic E-state index is 0.584. The third-order valence-electron chi connectivity index (χ3n) is 2.74. The van der Waals surface area contributed by atoms with Crippen molar-refractivity contribution in [1.82, 2.24) is 15.0 Å². The zero-order valence-corrected chi connectivity index (χ0v) is 12.0. The van der Waals surface area contributed by atoms with E-state index in [0.29, 0.717) is 23.9 Å². The molecule has 0 aliphatic rings. The Morgan fingerprint density at radius 3 is 2.55 bits per heavy atom. The van der Waals surface area contributed by atoms with Crippen molar-refractivity contribution < 1.29 is 4.74 Å². The van der Waals surface area contributed by atoms with Gasteiger partial charge in [0.2, 0.25) is 5.75 Å². The van der Waals surface area contributed by atoms with Gasteiger partial charge < -0.3 is 15.4 Å². The number of hydrogen-bond acceptors (Lipinski definition) is 6. The van der Waals surface area contributed by atoms with Crippen molar-refractivity contribution in [2.24, 2.45) is 0 Å². The molecule has 0 bridgehead atoms. The van der Waals surface area contributed by atoms with E-state index in [1.807, 2.05) is 32.0 Å². The van der Waals surface area contributed by atoms with Gasteiger partial charge in [-0.05, 0) is 26.0 Å². The van der Waals surface area contributed by atoms with Crippen molar-refractivity contribution in [3.63, 3.8) is 0 Å². The van der Waals surface area contributed by atoms with E-state index in [4.69, 9.17) is 4.74 Å². The van der Waals surface area contributed by atoms with Gasteiger partial charge in [-0.15, -0.1) is 0 Å². The average molecular weight is 273 g/mol. The topological polar surface area (TPSA) is 72.0 Å². The van der Waals surface area contributed by atoms with Crippen LogP contribution < -0.4 is 15.4 Å². The predicted octanol–water partition coefficient (Wildman–Crippen LogP) is 2.23. The second-order valence-electron chi connectivity index (χ2n) is 4.26. The molecule has 0 fully saturated rings. The van der Waals surface area contributed by atoms with Gasteiger partial charge in [0.25, 0.3) is 0 Å². The fourth-order valence-electron chi connectivity index (χ4n) is 1.86. The molecule has 20 heavy (non-hydrogen) atoms. The lowest BCUT2D eigenvalue weighted by Gasteiger charge is -2.13. The van der Waals surface area contributed by atoms with Crippen molar-refractivity contribution in [3.8, 4) is 5.75 Å². The second-order valence-corrected chi connectivity index (χ2v) is 4.26. The van der Waals surface area contributed by atoms with Crippen LogP contribution in [-0.2, 0) is 6.54 Å². The molecule has 0 aliphatic carbocycles. The first kappa shape index (κ1) is 14.0. The maximum atomic E-state index is 5.37. The molecule has 0 saturated carbocycles. The van der Waals surface area contributed by atoms with E-state index in [1.165, 1.54) is 6.33 Å². The highest BCUT2D eigenvalue weighted by Gasteiger charge is 2.11. The van der Waals surface area contributed by atoms with Crippen LogP contribution in [0.15, 0.2) is 24.5 Å². The number of rotatable bonds is 6. The smallest absolute Gasteiger partial charge is 0.204 e. The SMILES string of the molecule is CCNc1ncnc(NCc2cccc(C)n2)c1OC. The van der Waals surface area contributed by atoms with Crippen LogP contribution in [0.5, 0.6) is 5.75 Å². The Hall–Kier alpha value is -2.37. The van der Waals surface area contributed by atoms with E-state index in [0.717, 1.165) is 17.9 Å². The van der Waals surface area contributed by atoms with E-state index in [-0.39, 0.29) is 0 Å². The number of hydrogen-bond donors (Lipinski definition) is 2. The molecule has 2 N–H and O–H groups in total. The van der Waals surface area contributed by atoms with Crippen molar-refractivity contribution >= 4 is 11.6 Å². The van der Waals surface area contributed by atoms with Crippen molar-refractivity contribution in [3.05, 3.63) is 35.9 Å². The predicted molar refractivity (Wildman–Crippen MR) is 79.0 cm³/mol. The Labute approximate surface area is 118 Å². The molecule has 0 spiro atoms. The van der Waals surface area contributed by atoms with Gasteiger partial charge in [0.15, 0.2) is 11.6 Å². The average Bonchev–Trinajstić information content (AvgIpc) is 2.45. The Bertz CT molecular complexity index is 573. The molecule has 6 heteroatoms. The Balaban J connectivity index is 2.14. The summed E-state index contributed by atoms with van der Waals surface area (Å²) in [5.41, 5.74) is 1.95. The number of aryl methyl sites for hydroxylation is 1. The first-order chi connectivity index (χ1) is 9.74. The highest BCUT2D eigenvalue weighted by molar-refractivity contribution is 5.63. The maximum absolute atomic E-state index is 5.37. The fraction of sp³-hybridized carbons (Fsp3) is 0.357. The summed E-state index contributed by atoms with van der Waals surface area (Å²) >= 11 is 0. The normalized spacial score (nSPS) is 10.2. The van der Waals surface area contributed by atoms with Crippen molar-refractivity contribution in [1.29, 1.82) is 0 Å². The molecule has 0 aromatic carbocycles. The minimum atomic E-state index is 0.584. The highest BCUT2D eigenvalue weighted by Crippen LogP contribution is 2.28. The molecule has 2 rings (SSSR count). The van der Waals surface area contributed by atoms with E-state index in [1.54, 1.807) is 7.11 Å². The van der Waals surface area contributed by atoms with Gasteiger partial charge in [0, 0.05) is 12.2 Å². The largest absolute Gasteiger partial charge is 0.490 e. The molecular formula is C14H19N5O. The molecule has 0 saturated heterocycles. The van der Waals surface area contributed by atoms with E-state index in [9.17, 15) is 0 Å². The molecule has 2 heterocycles. The molecule has 0 unspecified atom stereocenters. The van der Waals surface area contributed by atoms with Gasteiger partial charge in [0.1, 0.15) is 6.33 Å². The van der Waals surface area contributed by atoms with E-state index in [2.05, 4.69) is 25.6 Å². The number of pyridine rings is 1. The van der Waals surface area contributed by atoms with Crippen LogP contribution in [0, 0.1) is 6.92 Å². The summed E-state index contributed by atoms with van der Waals surface area (Å²) in [6.45, 7) is 5.33. The van der Waals surface area contributed by atoms with Crippen molar-refractivity contribution in [2.75, 3.05) is 24.3 Å². The number of methoxy groups -OCH3 is 1. The second kappa shape index (κ2) is 6.70. The van der Waals surface area contributed by atoms with E-state index < -0.39 is 0 Å². The van der Waals surface area contributed by atoms with Gasteiger partial charge in [-0.25, -0.2) is 9.97 Å². The zero-order chi connectivity index (χ0) is 14.4. The summed E-state index contributed by atoms with van der Waals surface area (Å²) in [6.07, 6.45) is 1.51. The third-order valence-corrected chi connectivity index (χ3v) is 2.74. The number of aromatic nitrogens is 3. The van der Waals surface area contributed by atoms with Crippen LogP contribution in [0.4, 0.5) is 11.6 Å². The van der Waals surface area contributed by atoms with Gasteiger partial charge in [-0.3, -0.25) is 4.98 Å². The first-order valence-corrected chi connectivity index (χ1v) is 6.53. The maximum Gasteiger partial charge on any atom is 0.204 e. The first-order valence-electron chi connectivity index (χ1n) is 6.53. The Kier molecular flexibility index (Phi) is 4.70. The summed E-state index contributed by atoms with van der Waals surface area (Å²) in [5, 5.41) is 6.37. The van der Waals surface area contributed by atoms with Crippen LogP contribution in [0.2, 0.25) is 0 Å². The number of anilines is 2. The summed E-state index contributed by atoms with van der Waals surface area (Å²) < 4.78 is 5.37. The van der Waals surface area contributed by atoms with Crippen LogP contribution in [0.1, 0.15) is 18.3 Å². The Morgan fingerprint density at radius 2 is 1.90 bits per heavy atom. The lowest BCUT2D eigenvalue weighted by molar-refractivity contribution is 0.414. The molecular weight excluding hydrogens is 254 g/mol. The molecule has 0 atom stereocenters. The number of nitrogens with one attached hydrogen (secondary N) is 2. The van der Waals surface area contributed by atoms with Crippen LogP contribution in [0.3, 0.4) is 0 Å². The van der Waals surface area contributed by atoms with Gasteiger partial charge in [-0.1, -0.05) is 6.07 Å². The molecule has 2 aromatic heterocycles. The molecule has 0 aliphatic heterocycles. The molecule has 6 nitrogen and oxygen atoms in total. The summed E-state index contributed by atoms with van der Waals surface area (Å²) in [7, 11) is 1.61. The van der Waals surface area contributed by atoms with E-state index >= 15 is 0 Å². The van der Waals surface area contributed by atoms with Crippen LogP contribution in [-0.4, -0.2) is 28.6 Å². The van der Waals surface area contributed by atoms with Gasteiger partial charge in [0.05, 0.1) is 19.3 Å². The molecule has 106 valence electrons. The standard InChI is InChI=1S/C14H19N5O/c1-4-15-13-12(20-3)14(18-9-17-13)16-8-11-7-5-6-10(2)19-11/h5-7,9H,4,8H2,1-3H3,(H2,15,16,17,18).